The van der Waals surface area contributed by atoms with Gasteiger partial charge in [0.05, 0.1) is 0 Å². The number of nitrogens with zero attached hydrogens (tertiary/aromatic N) is 3. The van der Waals surface area contributed by atoms with Crippen LogP contribution in [-0.4, -0.2) is 32.1 Å². The van der Waals surface area contributed by atoms with Crippen LogP contribution in [-0.2, 0) is 16.1 Å². The molecule has 1 fully saturated rings. The van der Waals surface area contributed by atoms with Gasteiger partial charge in [0.1, 0.15) is 11.4 Å². The van der Waals surface area contributed by atoms with Gasteiger partial charge in [-0.05, 0) is 13.8 Å². The second-order valence-electron chi connectivity index (χ2n) is 5.01. The van der Waals surface area contributed by atoms with E-state index >= 15 is 0 Å². The molecule has 0 bridgehead atoms. The summed E-state index contributed by atoms with van der Waals surface area (Å²) in [6.45, 7) is 4.73. The highest BCUT2D eigenvalue weighted by atomic mass is 32.2. The Kier molecular flexibility index (Phi) is 3.96. The molecule has 2 atom stereocenters. The van der Waals surface area contributed by atoms with Crippen LogP contribution in [0.5, 0.6) is 0 Å². The van der Waals surface area contributed by atoms with Crippen LogP contribution in [0, 0.1) is 0 Å². The molecule has 1 saturated heterocycles. The van der Waals surface area contributed by atoms with E-state index in [1.165, 1.54) is 11.8 Å². The Labute approximate surface area is 127 Å². The van der Waals surface area contributed by atoms with Crippen molar-refractivity contribution in [2.45, 2.75) is 43.3 Å². The van der Waals surface area contributed by atoms with Gasteiger partial charge in [0, 0.05) is 18.5 Å². The minimum atomic E-state index is -0.182. The summed E-state index contributed by atoms with van der Waals surface area (Å²) in [7, 11) is 0. The molecule has 21 heavy (non-hydrogen) atoms. The number of carbonyl (C=O) groups excluding carboxylic acids is 1. The molecule has 5 nitrogen and oxygen atoms in total. The van der Waals surface area contributed by atoms with Crippen molar-refractivity contribution >= 4 is 17.7 Å². The Morgan fingerprint density at radius 3 is 2.71 bits per heavy atom. The van der Waals surface area contributed by atoms with Crippen molar-refractivity contribution in [3.8, 4) is 11.4 Å². The lowest BCUT2D eigenvalue weighted by Gasteiger charge is -2.08. The van der Waals surface area contributed by atoms with E-state index in [0.29, 0.717) is 0 Å². The number of esters is 1. The van der Waals surface area contributed by atoms with Gasteiger partial charge < -0.3 is 9.30 Å². The third-order valence-corrected chi connectivity index (χ3v) is 4.62. The minimum Gasteiger partial charge on any atom is -0.462 e. The monoisotopic (exact) mass is 303 g/mol. The predicted molar refractivity (Wildman–Crippen MR) is 80.9 cm³/mol. The van der Waals surface area contributed by atoms with Crippen LogP contribution in [0.25, 0.3) is 11.4 Å². The maximum atomic E-state index is 11.8. The molecule has 0 spiro atoms. The first kappa shape index (κ1) is 14.1. The largest absolute Gasteiger partial charge is 0.462 e. The summed E-state index contributed by atoms with van der Waals surface area (Å²) in [5.41, 5.74) is 1.03. The molecule has 0 saturated carbocycles. The summed E-state index contributed by atoms with van der Waals surface area (Å²) in [6.07, 6.45) is 0.711. The standard InChI is InChI=1S/C15H17N3O2S/c1-3-18-13(11-7-5-4-6-8-11)16-17-15(18)21-12-9-10(2)20-14(12)19/h4-8,10,12H,3,9H2,1-2H3/t10-,12+/m1/s1. The molecule has 1 aromatic carbocycles. The summed E-state index contributed by atoms with van der Waals surface area (Å²) in [5, 5.41) is 9.13. The molecular weight excluding hydrogens is 286 g/mol. The molecule has 1 aliphatic rings. The molecule has 0 aliphatic carbocycles. The highest BCUT2D eigenvalue weighted by molar-refractivity contribution is 8.00. The van der Waals surface area contributed by atoms with E-state index in [1.54, 1.807) is 0 Å². The van der Waals surface area contributed by atoms with Crippen LogP contribution in [0.15, 0.2) is 35.5 Å². The Balaban J connectivity index is 1.87. The van der Waals surface area contributed by atoms with Gasteiger partial charge in [0.2, 0.25) is 0 Å². The number of aromatic nitrogens is 3. The van der Waals surface area contributed by atoms with Gasteiger partial charge >= 0.3 is 5.97 Å². The van der Waals surface area contributed by atoms with E-state index in [0.717, 1.165) is 29.5 Å². The maximum Gasteiger partial charge on any atom is 0.319 e. The van der Waals surface area contributed by atoms with Gasteiger partial charge in [0.15, 0.2) is 11.0 Å². The van der Waals surface area contributed by atoms with Gasteiger partial charge in [0.25, 0.3) is 0 Å². The number of ether oxygens (including phenoxy) is 1. The average molecular weight is 303 g/mol. The third-order valence-electron chi connectivity index (χ3n) is 3.44. The summed E-state index contributed by atoms with van der Waals surface area (Å²) >= 11 is 1.44. The Morgan fingerprint density at radius 2 is 2.10 bits per heavy atom. The Hall–Kier alpha value is -1.82. The van der Waals surface area contributed by atoms with E-state index in [2.05, 4.69) is 17.1 Å². The van der Waals surface area contributed by atoms with Gasteiger partial charge in [-0.15, -0.1) is 10.2 Å². The summed E-state index contributed by atoms with van der Waals surface area (Å²) in [6, 6.07) is 9.95. The fourth-order valence-electron chi connectivity index (χ4n) is 2.41. The molecule has 0 radical (unpaired) electrons. The number of hydrogen-bond donors (Lipinski definition) is 0. The van der Waals surface area contributed by atoms with Gasteiger partial charge in [-0.1, -0.05) is 42.1 Å². The quantitative estimate of drug-likeness (QED) is 0.813. The third kappa shape index (κ3) is 2.81. The van der Waals surface area contributed by atoms with E-state index < -0.39 is 0 Å². The maximum absolute atomic E-state index is 11.8. The highest BCUT2D eigenvalue weighted by Gasteiger charge is 2.34. The van der Waals surface area contributed by atoms with Crippen molar-refractivity contribution in [1.29, 1.82) is 0 Å². The lowest BCUT2D eigenvalue weighted by Crippen LogP contribution is -2.11. The van der Waals surface area contributed by atoms with Gasteiger partial charge in [-0.25, -0.2) is 0 Å². The van der Waals surface area contributed by atoms with Crippen molar-refractivity contribution < 1.29 is 9.53 Å². The zero-order valence-electron chi connectivity index (χ0n) is 12.0. The lowest BCUT2D eigenvalue weighted by atomic mass is 10.2. The summed E-state index contributed by atoms with van der Waals surface area (Å²) in [5.74, 6) is 0.680. The smallest absolute Gasteiger partial charge is 0.319 e. The SMILES string of the molecule is CCn1c(S[C@H]2C[C@@H](C)OC2=O)nnc1-c1ccccc1. The van der Waals surface area contributed by atoms with E-state index in [1.807, 2.05) is 41.8 Å². The average Bonchev–Trinajstić information content (AvgIpc) is 3.03. The summed E-state index contributed by atoms with van der Waals surface area (Å²) < 4.78 is 7.23. The molecule has 2 heterocycles. The van der Waals surface area contributed by atoms with Crippen molar-refractivity contribution in [3.05, 3.63) is 30.3 Å². The Bertz CT molecular complexity index is 642. The molecule has 1 aromatic heterocycles. The van der Waals surface area contributed by atoms with E-state index in [-0.39, 0.29) is 17.3 Å². The number of hydrogen-bond acceptors (Lipinski definition) is 5. The normalized spacial score (nSPS) is 21.5. The van der Waals surface area contributed by atoms with Crippen molar-refractivity contribution in [2.24, 2.45) is 0 Å². The zero-order chi connectivity index (χ0) is 14.8. The van der Waals surface area contributed by atoms with Crippen LogP contribution < -0.4 is 0 Å². The molecule has 1 aliphatic heterocycles. The second-order valence-corrected chi connectivity index (χ2v) is 6.18. The van der Waals surface area contributed by atoms with E-state index in [4.69, 9.17) is 4.74 Å². The van der Waals surface area contributed by atoms with Crippen molar-refractivity contribution in [2.75, 3.05) is 0 Å². The first-order valence-corrected chi connectivity index (χ1v) is 7.92. The Morgan fingerprint density at radius 1 is 1.33 bits per heavy atom. The number of thioether (sulfide) groups is 1. The minimum absolute atomic E-state index is 0.0124. The molecular formula is C15H17N3O2S. The fourth-order valence-corrected chi connectivity index (χ4v) is 3.61. The molecule has 0 unspecified atom stereocenters. The van der Waals surface area contributed by atoms with Crippen LogP contribution in [0.3, 0.4) is 0 Å². The highest BCUT2D eigenvalue weighted by Crippen LogP contribution is 2.32. The van der Waals surface area contributed by atoms with Gasteiger partial charge in [-0.3, -0.25) is 4.79 Å². The van der Waals surface area contributed by atoms with Crippen molar-refractivity contribution in [3.63, 3.8) is 0 Å². The first-order valence-electron chi connectivity index (χ1n) is 7.04. The zero-order valence-corrected chi connectivity index (χ0v) is 12.8. The lowest BCUT2D eigenvalue weighted by molar-refractivity contribution is -0.140. The predicted octanol–water partition coefficient (Wildman–Crippen LogP) is 2.76. The van der Waals surface area contributed by atoms with Crippen LogP contribution >= 0.6 is 11.8 Å². The molecule has 110 valence electrons. The fraction of sp³-hybridized carbons (Fsp3) is 0.400. The van der Waals surface area contributed by atoms with Crippen molar-refractivity contribution in [1.82, 2.24) is 14.8 Å². The second kappa shape index (κ2) is 5.89. The summed E-state index contributed by atoms with van der Waals surface area (Å²) in [4.78, 5) is 11.8. The molecule has 0 N–H and O–H groups in total. The number of rotatable bonds is 4. The molecule has 2 aromatic rings. The number of carbonyl (C=O) groups is 1. The molecule has 3 rings (SSSR count). The van der Waals surface area contributed by atoms with Crippen LogP contribution in [0.2, 0.25) is 0 Å². The number of cyclic esters (lactones) is 1. The molecule has 6 heteroatoms. The first-order chi connectivity index (χ1) is 10.2. The topological polar surface area (TPSA) is 57.0 Å². The van der Waals surface area contributed by atoms with Crippen LogP contribution in [0.1, 0.15) is 20.3 Å². The number of benzene rings is 1. The van der Waals surface area contributed by atoms with Crippen LogP contribution in [0.4, 0.5) is 0 Å². The van der Waals surface area contributed by atoms with Gasteiger partial charge in [-0.2, -0.15) is 0 Å². The van der Waals surface area contributed by atoms with E-state index in [9.17, 15) is 4.79 Å². The molecule has 0 amide bonds.